The predicted octanol–water partition coefficient (Wildman–Crippen LogP) is 6.74. The molecule has 5 nitrogen and oxygen atoms in total. The van der Waals surface area contributed by atoms with Crippen LogP contribution in [-0.2, 0) is 6.54 Å². The van der Waals surface area contributed by atoms with Crippen molar-refractivity contribution >= 4 is 29.1 Å². The number of alkyl halides is 2. The van der Waals surface area contributed by atoms with Gasteiger partial charge in [-0.25, -0.2) is 13.8 Å². The summed E-state index contributed by atoms with van der Waals surface area (Å²) in [4.78, 5) is 19.2. The van der Waals surface area contributed by atoms with E-state index >= 15 is 0 Å². The molecule has 6 rings (SSSR count). The van der Waals surface area contributed by atoms with Crippen LogP contribution in [-0.4, -0.2) is 64.5 Å². The standard InChI is InChI=1S/C29H30Cl2F2N4O/c1-18-25-27(34-26(18)20-7-5-19(6-8-20)14-35-16-29(32,33)17-35)23(22-10-9-21(30)13-24(22)31)15-37(28(25)38)36-11-3-2-4-12-36/h5-10,13,23,34H,2-4,11-12,14-17H2,1H3. The Balaban J connectivity index is 1.36. The van der Waals surface area contributed by atoms with E-state index in [0.717, 1.165) is 59.6 Å². The number of hydrazine groups is 1. The summed E-state index contributed by atoms with van der Waals surface area (Å²) in [5.41, 5.74) is 6.22. The Morgan fingerprint density at radius 1 is 1.03 bits per heavy atom. The van der Waals surface area contributed by atoms with Crippen LogP contribution in [0, 0.1) is 6.92 Å². The Bertz CT molecular complexity index is 1360. The lowest BCUT2D eigenvalue weighted by Crippen LogP contribution is -2.55. The molecule has 1 aromatic heterocycles. The Morgan fingerprint density at radius 2 is 1.74 bits per heavy atom. The fourth-order valence-corrected chi connectivity index (χ4v) is 6.62. The number of nitrogens with one attached hydrogen (secondary N) is 1. The Kier molecular flexibility index (Phi) is 6.75. The summed E-state index contributed by atoms with van der Waals surface area (Å²) in [6.07, 6.45) is 3.32. The van der Waals surface area contributed by atoms with Gasteiger partial charge in [-0.2, -0.15) is 0 Å². The van der Waals surface area contributed by atoms with E-state index in [4.69, 9.17) is 23.2 Å². The van der Waals surface area contributed by atoms with Gasteiger partial charge in [0.15, 0.2) is 0 Å². The summed E-state index contributed by atoms with van der Waals surface area (Å²) in [6, 6.07) is 13.5. The molecule has 1 unspecified atom stereocenters. The number of H-pyrrole nitrogens is 1. The zero-order chi connectivity index (χ0) is 26.6. The summed E-state index contributed by atoms with van der Waals surface area (Å²) in [5, 5.41) is 5.25. The molecule has 2 fully saturated rings. The number of piperidine rings is 1. The quantitative estimate of drug-likeness (QED) is 0.377. The van der Waals surface area contributed by atoms with Gasteiger partial charge < -0.3 is 4.98 Å². The van der Waals surface area contributed by atoms with Crippen LogP contribution in [0.15, 0.2) is 42.5 Å². The molecule has 0 bridgehead atoms. The van der Waals surface area contributed by atoms with E-state index in [2.05, 4.69) is 9.99 Å². The van der Waals surface area contributed by atoms with Gasteiger partial charge in [-0.15, -0.1) is 0 Å². The van der Waals surface area contributed by atoms with Gasteiger partial charge in [-0.1, -0.05) is 60.0 Å². The van der Waals surface area contributed by atoms with Crippen molar-refractivity contribution in [2.75, 3.05) is 32.7 Å². The maximum atomic E-state index is 13.9. The number of nitrogens with zero attached hydrogens (tertiary/aromatic N) is 3. The van der Waals surface area contributed by atoms with E-state index in [0.29, 0.717) is 28.7 Å². The molecule has 0 saturated carbocycles. The molecule has 0 radical (unpaired) electrons. The first-order valence-corrected chi connectivity index (χ1v) is 13.9. The molecule has 38 heavy (non-hydrogen) atoms. The third-order valence-electron chi connectivity index (χ3n) is 8.00. The number of amides is 1. The van der Waals surface area contributed by atoms with Crippen molar-refractivity contribution in [3.05, 3.63) is 80.5 Å². The SMILES string of the molecule is Cc1c(-c2ccc(CN3CC(F)(F)C3)cc2)[nH]c2c1C(=O)N(N1CCCCC1)CC2c1ccc(Cl)cc1Cl. The number of rotatable bonds is 5. The topological polar surface area (TPSA) is 42.6 Å². The molecular formula is C29H30Cl2F2N4O. The minimum Gasteiger partial charge on any atom is -0.357 e. The second kappa shape index (κ2) is 9.94. The summed E-state index contributed by atoms with van der Waals surface area (Å²) in [6.45, 7) is 4.33. The van der Waals surface area contributed by atoms with Gasteiger partial charge in [0.25, 0.3) is 11.8 Å². The lowest BCUT2D eigenvalue weighted by molar-refractivity contribution is -0.133. The van der Waals surface area contributed by atoms with E-state index < -0.39 is 5.92 Å². The minimum absolute atomic E-state index is 0.0126. The maximum absolute atomic E-state index is 13.9. The number of aromatic amines is 1. The highest BCUT2D eigenvalue weighted by Gasteiger charge is 2.43. The Hall–Kier alpha value is -2.45. The van der Waals surface area contributed by atoms with Crippen molar-refractivity contribution < 1.29 is 13.6 Å². The van der Waals surface area contributed by atoms with Crippen molar-refractivity contribution in [2.24, 2.45) is 0 Å². The van der Waals surface area contributed by atoms with Gasteiger partial charge in [-0.3, -0.25) is 14.7 Å². The van der Waals surface area contributed by atoms with Crippen molar-refractivity contribution in [2.45, 2.75) is 44.6 Å². The molecule has 0 spiro atoms. The number of benzene rings is 2. The van der Waals surface area contributed by atoms with Crippen LogP contribution in [0.4, 0.5) is 8.78 Å². The molecule has 1 atom stereocenters. The van der Waals surface area contributed by atoms with Crippen LogP contribution < -0.4 is 0 Å². The van der Waals surface area contributed by atoms with Gasteiger partial charge >= 0.3 is 0 Å². The van der Waals surface area contributed by atoms with Gasteiger partial charge in [0, 0.05) is 47.0 Å². The van der Waals surface area contributed by atoms with E-state index in [1.807, 2.05) is 48.3 Å². The van der Waals surface area contributed by atoms with Gasteiger partial charge in [-0.05, 0) is 54.2 Å². The van der Waals surface area contributed by atoms with Crippen LogP contribution in [0.5, 0.6) is 0 Å². The van der Waals surface area contributed by atoms with Crippen molar-refractivity contribution in [3.8, 4) is 11.3 Å². The van der Waals surface area contributed by atoms with Gasteiger partial charge in [0.1, 0.15) is 0 Å². The van der Waals surface area contributed by atoms with Gasteiger partial charge in [0.2, 0.25) is 0 Å². The zero-order valence-corrected chi connectivity index (χ0v) is 22.8. The highest BCUT2D eigenvalue weighted by atomic mass is 35.5. The number of aromatic nitrogens is 1. The van der Waals surface area contributed by atoms with Gasteiger partial charge in [0.05, 0.1) is 25.2 Å². The molecule has 200 valence electrons. The van der Waals surface area contributed by atoms with Crippen LogP contribution in [0.25, 0.3) is 11.3 Å². The summed E-state index contributed by atoms with van der Waals surface area (Å²) in [7, 11) is 0. The fraction of sp³-hybridized carbons (Fsp3) is 0.414. The molecule has 0 aliphatic carbocycles. The third-order valence-corrected chi connectivity index (χ3v) is 8.56. The molecular weight excluding hydrogens is 529 g/mol. The minimum atomic E-state index is -2.57. The molecule has 9 heteroatoms. The average Bonchev–Trinajstić information content (AvgIpc) is 3.22. The molecule has 3 aromatic rings. The highest BCUT2D eigenvalue weighted by molar-refractivity contribution is 6.35. The molecule has 3 aliphatic heterocycles. The predicted molar refractivity (Wildman–Crippen MR) is 146 cm³/mol. The van der Waals surface area contributed by atoms with E-state index in [1.165, 1.54) is 6.42 Å². The molecule has 4 heterocycles. The fourth-order valence-electron chi connectivity index (χ4n) is 6.08. The summed E-state index contributed by atoms with van der Waals surface area (Å²) >= 11 is 12.9. The number of fused-ring (bicyclic) bond motifs is 1. The second-order valence-corrected chi connectivity index (χ2v) is 11.6. The molecule has 1 N–H and O–H groups in total. The first-order chi connectivity index (χ1) is 18.2. The molecule has 2 saturated heterocycles. The second-order valence-electron chi connectivity index (χ2n) is 10.7. The molecule has 2 aromatic carbocycles. The first-order valence-electron chi connectivity index (χ1n) is 13.1. The summed E-state index contributed by atoms with van der Waals surface area (Å²) in [5.74, 6) is -2.69. The van der Waals surface area contributed by atoms with Crippen LogP contribution >= 0.6 is 23.2 Å². The maximum Gasteiger partial charge on any atom is 0.272 e. The lowest BCUT2D eigenvalue weighted by Gasteiger charge is -2.42. The third kappa shape index (κ3) is 4.75. The van der Waals surface area contributed by atoms with Crippen LogP contribution in [0.1, 0.15) is 57.9 Å². The zero-order valence-electron chi connectivity index (χ0n) is 21.2. The van der Waals surface area contributed by atoms with E-state index in [1.54, 1.807) is 11.0 Å². The Labute approximate surface area is 231 Å². The molecule has 3 aliphatic rings. The van der Waals surface area contributed by atoms with Crippen LogP contribution in [0.3, 0.4) is 0 Å². The Morgan fingerprint density at radius 3 is 2.39 bits per heavy atom. The number of hydrogen-bond acceptors (Lipinski definition) is 3. The highest BCUT2D eigenvalue weighted by Crippen LogP contribution is 2.42. The smallest absolute Gasteiger partial charge is 0.272 e. The van der Waals surface area contributed by atoms with Crippen molar-refractivity contribution in [1.29, 1.82) is 0 Å². The molecule has 1 amide bonds. The van der Waals surface area contributed by atoms with Crippen LogP contribution in [0.2, 0.25) is 10.0 Å². The number of halogens is 4. The van der Waals surface area contributed by atoms with E-state index in [9.17, 15) is 13.6 Å². The first kappa shape index (κ1) is 25.8. The average molecular weight is 559 g/mol. The lowest BCUT2D eigenvalue weighted by atomic mass is 9.88. The summed E-state index contributed by atoms with van der Waals surface area (Å²) < 4.78 is 26.4. The van der Waals surface area contributed by atoms with E-state index in [-0.39, 0.29) is 24.9 Å². The van der Waals surface area contributed by atoms with Crippen molar-refractivity contribution in [3.63, 3.8) is 0 Å². The monoisotopic (exact) mass is 558 g/mol. The normalized spacial score (nSPS) is 21.9. The number of hydrogen-bond donors (Lipinski definition) is 1. The number of carbonyl (C=O) groups excluding carboxylic acids is 1. The van der Waals surface area contributed by atoms with Crippen molar-refractivity contribution in [1.82, 2.24) is 19.9 Å². The number of carbonyl (C=O) groups is 1. The number of likely N-dealkylation sites (tertiary alicyclic amines) is 1. The largest absolute Gasteiger partial charge is 0.357 e.